The highest BCUT2D eigenvalue weighted by Crippen LogP contribution is 2.75. The van der Waals surface area contributed by atoms with E-state index in [0.717, 1.165) is 51.4 Å². The molecule has 0 aromatic heterocycles. The van der Waals surface area contributed by atoms with E-state index in [-0.39, 0.29) is 62.7 Å². The summed E-state index contributed by atoms with van der Waals surface area (Å²) in [6.45, 7) is 17.3. The molecule has 0 aromatic rings. The number of ether oxygens (including phenoxy) is 1. The molecule has 0 spiro atoms. The number of esters is 1. The molecule has 0 bridgehead atoms. The fourth-order valence-electron chi connectivity index (χ4n) is 11.9. The van der Waals surface area contributed by atoms with Crippen LogP contribution < -0.4 is 5.32 Å². The molecular formula is C37H59NO5. The molecule has 4 saturated carbocycles. The van der Waals surface area contributed by atoms with Crippen molar-refractivity contribution in [1.82, 2.24) is 5.32 Å². The van der Waals surface area contributed by atoms with Crippen molar-refractivity contribution in [2.45, 2.75) is 144 Å². The minimum absolute atomic E-state index is 0.0166. The van der Waals surface area contributed by atoms with Crippen molar-refractivity contribution in [3.05, 3.63) is 11.6 Å². The number of amides is 1. The summed E-state index contributed by atoms with van der Waals surface area (Å²) in [5.41, 5.74) is 1.84. The van der Waals surface area contributed by atoms with Crippen LogP contribution in [0.25, 0.3) is 0 Å². The Balaban J connectivity index is 1.40. The van der Waals surface area contributed by atoms with Crippen molar-refractivity contribution in [2.75, 3.05) is 7.11 Å². The quantitative estimate of drug-likeness (QED) is 0.176. The number of hydrogen-bond donors (Lipinski definition) is 2. The van der Waals surface area contributed by atoms with Gasteiger partial charge >= 0.3 is 11.9 Å². The molecule has 6 nitrogen and oxygen atoms in total. The highest BCUT2D eigenvalue weighted by atomic mass is 16.5. The summed E-state index contributed by atoms with van der Waals surface area (Å²) < 4.78 is 5.53. The number of rotatable bonds is 7. The standard InChI is InChI=1S/C37H59NO5/c1-32(2)19-21-37(31(42)43-8)22-20-35(6)24(25(37)23-32)13-14-27-34(5)17-16-28(38-29(39)11-9-10-12-30(40)41)33(3,4)26(34)15-18-36(27,35)7/h13,25-28H,9-12,14-23H2,1-8H3,(H,38,39)(H,40,41)/t25?,26?,27?,28-,34-,35+,36+,37-/m0/s1. The number of hydrogen-bond acceptors (Lipinski definition) is 4. The molecular weight excluding hydrogens is 538 g/mol. The summed E-state index contributed by atoms with van der Waals surface area (Å²) in [6, 6.07) is 0.145. The van der Waals surface area contributed by atoms with Gasteiger partial charge in [0.2, 0.25) is 5.91 Å². The van der Waals surface area contributed by atoms with E-state index in [1.54, 1.807) is 12.7 Å². The Hall–Kier alpha value is -1.85. The molecule has 0 saturated heterocycles. The van der Waals surface area contributed by atoms with Gasteiger partial charge in [-0.1, -0.05) is 60.1 Å². The third-order valence-electron chi connectivity index (χ3n) is 14.6. The summed E-state index contributed by atoms with van der Waals surface area (Å²) >= 11 is 0. The fraction of sp³-hybridized carbons (Fsp3) is 0.865. The molecule has 2 N–H and O–H groups in total. The lowest BCUT2D eigenvalue weighted by Crippen LogP contribution is -2.66. The zero-order chi connectivity index (χ0) is 31.6. The van der Waals surface area contributed by atoms with Crippen LogP contribution in [0, 0.1) is 50.2 Å². The van der Waals surface area contributed by atoms with Gasteiger partial charge in [0.1, 0.15) is 0 Å². The highest BCUT2D eigenvalue weighted by molar-refractivity contribution is 5.78. The number of carbonyl (C=O) groups excluding carboxylic acids is 2. The Morgan fingerprint density at radius 3 is 2.23 bits per heavy atom. The van der Waals surface area contributed by atoms with E-state index in [1.807, 2.05) is 0 Å². The lowest BCUT2D eigenvalue weighted by atomic mass is 9.33. The first kappa shape index (κ1) is 32.5. The second-order valence-corrected chi connectivity index (χ2v) is 17.4. The molecule has 43 heavy (non-hydrogen) atoms. The Kier molecular flexibility index (Phi) is 8.25. The van der Waals surface area contributed by atoms with Crippen molar-refractivity contribution in [2.24, 2.45) is 50.2 Å². The number of carboxylic acid groups (broad SMARTS) is 1. The van der Waals surface area contributed by atoms with Gasteiger partial charge in [0.25, 0.3) is 0 Å². The van der Waals surface area contributed by atoms with Gasteiger partial charge in [-0.2, -0.15) is 0 Å². The molecule has 5 aliphatic carbocycles. The molecule has 1 amide bonds. The monoisotopic (exact) mass is 597 g/mol. The fourth-order valence-corrected chi connectivity index (χ4v) is 11.9. The summed E-state index contributed by atoms with van der Waals surface area (Å²) in [5.74, 6) is 0.647. The van der Waals surface area contributed by atoms with Crippen LogP contribution in [0.1, 0.15) is 138 Å². The van der Waals surface area contributed by atoms with Gasteiger partial charge in [-0.25, -0.2) is 0 Å². The number of nitrogens with one attached hydrogen (secondary N) is 1. The van der Waals surface area contributed by atoms with Gasteiger partial charge in [0.05, 0.1) is 12.5 Å². The van der Waals surface area contributed by atoms with E-state index < -0.39 is 5.97 Å². The third kappa shape index (κ3) is 5.00. The van der Waals surface area contributed by atoms with Crippen LogP contribution in [-0.4, -0.2) is 36.1 Å². The van der Waals surface area contributed by atoms with Gasteiger partial charge in [-0.15, -0.1) is 0 Å². The molecule has 6 heteroatoms. The van der Waals surface area contributed by atoms with Crippen LogP contribution in [0.5, 0.6) is 0 Å². The second kappa shape index (κ2) is 10.9. The minimum atomic E-state index is -0.797. The van der Waals surface area contributed by atoms with E-state index in [2.05, 4.69) is 59.9 Å². The lowest BCUT2D eigenvalue weighted by Gasteiger charge is -2.71. The van der Waals surface area contributed by atoms with Crippen LogP contribution in [0.15, 0.2) is 11.6 Å². The Bertz CT molecular complexity index is 1170. The van der Waals surface area contributed by atoms with Crippen LogP contribution in [-0.2, 0) is 19.1 Å². The number of carbonyl (C=O) groups is 3. The largest absolute Gasteiger partial charge is 0.481 e. The van der Waals surface area contributed by atoms with Crippen molar-refractivity contribution < 1.29 is 24.2 Å². The van der Waals surface area contributed by atoms with Crippen molar-refractivity contribution in [1.29, 1.82) is 0 Å². The van der Waals surface area contributed by atoms with E-state index in [9.17, 15) is 14.4 Å². The average Bonchev–Trinajstić information content (AvgIpc) is 2.92. The molecule has 5 aliphatic rings. The zero-order valence-corrected chi connectivity index (χ0v) is 28.4. The summed E-state index contributed by atoms with van der Waals surface area (Å²) in [6.07, 6.45) is 14.9. The Morgan fingerprint density at radius 1 is 0.884 bits per heavy atom. The average molecular weight is 598 g/mol. The molecule has 8 atom stereocenters. The highest BCUT2D eigenvalue weighted by Gasteiger charge is 2.69. The van der Waals surface area contributed by atoms with Crippen LogP contribution in [0.4, 0.5) is 0 Å². The maximum Gasteiger partial charge on any atom is 0.312 e. The summed E-state index contributed by atoms with van der Waals surface area (Å²) in [7, 11) is 1.58. The number of methoxy groups -OCH3 is 1. The van der Waals surface area contributed by atoms with E-state index in [1.165, 1.54) is 12.8 Å². The van der Waals surface area contributed by atoms with Gasteiger partial charge in [-0.05, 0) is 122 Å². The molecule has 242 valence electrons. The first-order valence-corrected chi connectivity index (χ1v) is 17.3. The van der Waals surface area contributed by atoms with Crippen molar-refractivity contribution in [3.8, 4) is 0 Å². The van der Waals surface area contributed by atoms with Crippen molar-refractivity contribution in [3.63, 3.8) is 0 Å². The maximum absolute atomic E-state index is 13.5. The lowest BCUT2D eigenvalue weighted by molar-refractivity contribution is -0.193. The molecule has 5 rings (SSSR count). The Labute approximate surface area is 260 Å². The Morgan fingerprint density at radius 2 is 1.56 bits per heavy atom. The summed E-state index contributed by atoms with van der Waals surface area (Å²) in [5, 5.41) is 12.3. The van der Waals surface area contributed by atoms with Crippen LogP contribution in [0.3, 0.4) is 0 Å². The third-order valence-corrected chi connectivity index (χ3v) is 14.6. The number of fused-ring (bicyclic) bond motifs is 7. The normalized spacial score (nSPS) is 42.7. The molecule has 0 radical (unpaired) electrons. The minimum Gasteiger partial charge on any atom is -0.481 e. The predicted molar refractivity (Wildman–Crippen MR) is 169 cm³/mol. The van der Waals surface area contributed by atoms with Crippen LogP contribution >= 0.6 is 0 Å². The molecule has 0 aliphatic heterocycles. The molecule has 0 heterocycles. The van der Waals surface area contributed by atoms with Gasteiger partial charge in [0.15, 0.2) is 0 Å². The van der Waals surface area contributed by atoms with Crippen molar-refractivity contribution >= 4 is 17.8 Å². The topological polar surface area (TPSA) is 92.7 Å². The molecule has 0 aromatic carbocycles. The smallest absolute Gasteiger partial charge is 0.312 e. The SMILES string of the molecule is COC(=O)[C@]12CCC(C)(C)CC1C1=CCC3[C@@]4(C)CC[C@H](NC(=O)CCCCC(=O)O)C(C)(C)C4CC[C@@]3(C)[C@]1(C)CC2. The summed E-state index contributed by atoms with van der Waals surface area (Å²) in [4.78, 5) is 37.3. The van der Waals surface area contributed by atoms with E-state index >= 15 is 0 Å². The number of allylic oxidation sites excluding steroid dienone is 2. The number of aliphatic carboxylic acids is 1. The molecule has 3 unspecified atom stereocenters. The first-order chi connectivity index (χ1) is 20.0. The van der Waals surface area contributed by atoms with Crippen LogP contribution in [0.2, 0.25) is 0 Å². The number of carboxylic acids is 1. The van der Waals surface area contributed by atoms with E-state index in [4.69, 9.17) is 9.84 Å². The molecule has 4 fully saturated rings. The van der Waals surface area contributed by atoms with Gasteiger partial charge in [0, 0.05) is 18.9 Å². The zero-order valence-electron chi connectivity index (χ0n) is 28.4. The van der Waals surface area contributed by atoms with Gasteiger partial charge < -0.3 is 15.2 Å². The predicted octanol–water partition coefficient (Wildman–Crippen LogP) is 8.09. The first-order valence-electron chi connectivity index (χ1n) is 17.3. The van der Waals surface area contributed by atoms with E-state index in [0.29, 0.717) is 31.1 Å². The maximum atomic E-state index is 13.5. The number of unbranched alkanes of at least 4 members (excludes halogenated alkanes) is 1. The van der Waals surface area contributed by atoms with Gasteiger partial charge in [-0.3, -0.25) is 14.4 Å². The second-order valence-electron chi connectivity index (χ2n) is 17.4.